The van der Waals surface area contributed by atoms with Gasteiger partial charge in [-0.05, 0) is 17.7 Å². The van der Waals surface area contributed by atoms with Crippen LogP contribution in [0.25, 0.3) is 0 Å². The Kier molecular flexibility index (Phi) is 4.35. The maximum Gasteiger partial charge on any atom is 0.345 e. The molecule has 0 fully saturated rings. The molecule has 0 bridgehead atoms. The van der Waals surface area contributed by atoms with Gasteiger partial charge in [-0.1, -0.05) is 6.07 Å². The lowest BCUT2D eigenvalue weighted by molar-refractivity contribution is -0.387. The molecular formula is C12H8FNO4S2. The van der Waals surface area contributed by atoms with Gasteiger partial charge in [0, 0.05) is 22.1 Å². The molecule has 0 saturated carbocycles. The highest BCUT2D eigenvalue weighted by Gasteiger charge is 2.14. The SMILES string of the molecule is O=C(O)c1cc(SCc2ccc([N+](=O)[O-])c(F)c2)cs1. The number of thiophene rings is 1. The van der Waals surface area contributed by atoms with Gasteiger partial charge >= 0.3 is 11.7 Å². The van der Waals surface area contributed by atoms with Crippen LogP contribution in [-0.2, 0) is 5.75 Å². The molecule has 1 heterocycles. The Morgan fingerprint density at radius 1 is 1.45 bits per heavy atom. The molecule has 0 aliphatic rings. The molecule has 2 aromatic rings. The van der Waals surface area contributed by atoms with E-state index in [1.54, 1.807) is 11.4 Å². The molecule has 0 aliphatic heterocycles. The van der Waals surface area contributed by atoms with E-state index in [0.717, 1.165) is 28.4 Å². The second-order valence-corrected chi connectivity index (χ2v) is 5.74. The molecule has 0 saturated heterocycles. The zero-order valence-corrected chi connectivity index (χ0v) is 11.5. The number of nitro groups is 1. The van der Waals surface area contributed by atoms with Crippen LogP contribution in [-0.4, -0.2) is 16.0 Å². The van der Waals surface area contributed by atoms with E-state index in [0.29, 0.717) is 11.3 Å². The fraction of sp³-hybridized carbons (Fsp3) is 0.0833. The van der Waals surface area contributed by atoms with E-state index in [9.17, 15) is 19.3 Å². The summed E-state index contributed by atoms with van der Waals surface area (Å²) in [6.45, 7) is 0. The predicted octanol–water partition coefficient (Wildman–Crippen LogP) is 3.79. The molecule has 0 spiro atoms. The van der Waals surface area contributed by atoms with Gasteiger partial charge in [-0.25, -0.2) is 4.79 Å². The van der Waals surface area contributed by atoms with Gasteiger partial charge in [0.15, 0.2) is 0 Å². The third-order valence-corrected chi connectivity index (χ3v) is 4.51. The number of hydrogen-bond donors (Lipinski definition) is 1. The highest BCUT2D eigenvalue weighted by Crippen LogP contribution is 2.29. The predicted molar refractivity (Wildman–Crippen MR) is 73.9 cm³/mol. The Bertz CT molecular complexity index is 671. The first-order valence-electron chi connectivity index (χ1n) is 5.35. The number of carboxylic acid groups (broad SMARTS) is 1. The summed E-state index contributed by atoms with van der Waals surface area (Å²) < 4.78 is 13.4. The van der Waals surface area contributed by atoms with E-state index >= 15 is 0 Å². The first kappa shape index (κ1) is 14.5. The Labute approximate surface area is 121 Å². The number of carbonyl (C=O) groups is 1. The van der Waals surface area contributed by atoms with Gasteiger partial charge < -0.3 is 5.11 Å². The van der Waals surface area contributed by atoms with Gasteiger partial charge in [0.1, 0.15) is 4.88 Å². The summed E-state index contributed by atoms with van der Waals surface area (Å²) in [4.78, 5) is 21.4. The Morgan fingerprint density at radius 2 is 2.20 bits per heavy atom. The van der Waals surface area contributed by atoms with Gasteiger partial charge in [0.2, 0.25) is 5.82 Å². The lowest BCUT2D eigenvalue weighted by atomic mass is 10.2. The van der Waals surface area contributed by atoms with Crippen molar-refractivity contribution in [3.8, 4) is 0 Å². The van der Waals surface area contributed by atoms with Crippen LogP contribution in [0, 0.1) is 15.9 Å². The summed E-state index contributed by atoms with van der Waals surface area (Å²) in [6, 6.07) is 5.27. The average molecular weight is 313 g/mol. The van der Waals surface area contributed by atoms with Gasteiger partial charge in [-0.15, -0.1) is 23.1 Å². The van der Waals surface area contributed by atoms with E-state index in [4.69, 9.17) is 5.11 Å². The summed E-state index contributed by atoms with van der Waals surface area (Å²) >= 11 is 2.46. The highest BCUT2D eigenvalue weighted by molar-refractivity contribution is 7.98. The Hall–Kier alpha value is -1.93. The number of nitro benzene ring substituents is 1. The van der Waals surface area contributed by atoms with Crippen molar-refractivity contribution in [3.63, 3.8) is 0 Å². The van der Waals surface area contributed by atoms with E-state index in [1.807, 2.05) is 0 Å². The number of aromatic carboxylic acids is 1. The van der Waals surface area contributed by atoms with Crippen LogP contribution in [0.3, 0.4) is 0 Å². The molecule has 0 atom stereocenters. The normalized spacial score (nSPS) is 10.4. The van der Waals surface area contributed by atoms with Crippen LogP contribution >= 0.6 is 23.1 Å². The van der Waals surface area contributed by atoms with Crippen LogP contribution in [0.5, 0.6) is 0 Å². The zero-order chi connectivity index (χ0) is 14.7. The minimum atomic E-state index is -0.983. The molecule has 0 amide bonds. The van der Waals surface area contributed by atoms with Crippen molar-refractivity contribution >= 4 is 34.8 Å². The van der Waals surface area contributed by atoms with Crippen LogP contribution in [0.4, 0.5) is 10.1 Å². The molecular weight excluding hydrogens is 305 g/mol. The molecule has 20 heavy (non-hydrogen) atoms. The molecule has 104 valence electrons. The summed E-state index contributed by atoms with van der Waals surface area (Å²) in [5, 5.41) is 21.0. The van der Waals surface area contributed by atoms with Crippen molar-refractivity contribution in [2.45, 2.75) is 10.6 Å². The molecule has 1 N–H and O–H groups in total. The number of thioether (sulfide) groups is 1. The van der Waals surface area contributed by atoms with Crippen molar-refractivity contribution in [1.29, 1.82) is 0 Å². The van der Waals surface area contributed by atoms with E-state index in [-0.39, 0.29) is 4.88 Å². The lowest BCUT2D eigenvalue weighted by Crippen LogP contribution is -1.93. The fourth-order valence-corrected chi connectivity index (χ4v) is 3.27. The highest BCUT2D eigenvalue weighted by atomic mass is 32.2. The van der Waals surface area contributed by atoms with Crippen molar-refractivity contribution in [2.24, 2.45) is 0 Å². The second-order valence-electron chi connectivity index (χ2n) is 3.78. The smallest absolute Gasteiger partial charge is 0.345 e. The average Bonchev–Trinajstić information content (AvgIpc) is 2.85. The first-order chi connectivity index (χ1) is 9.47. The molecule has 0 aliphatic carbocycles. The van der Waals surface area contributed by atoms with E-state index in [2.05, 4.69) is 0 Å². The van der Waals surface area contributed by atoms with Gasteiger partial charge in [0.25, 0.3) is 0 Å². The third kappa shape index (κ3) is 3.34. The van der Waals surface area contributed by atoms with Crippen molar-refractivity contribution in [1.82, 2.24) is 0 Å². The molecule has 0 radical (unpaired) electrons. The van der Waals surface area contributed by atoms with Crippen LogP contribution in [0.15, 0.2) is 34.5 Å². The number of halogens is 1. The number of carboxylic acids is 1. The largest absolute Gasteiger partial charge is 0.477 e. The van der Waals surface area contributed by atoms with Gasteiger partial charge in [-0.2, -0.15) is 4.39 Å². The van der Waals surface area contributed by atoms with Gasteiger partial charge in [0.05, 0.1) is 4.92 Å². The Balaban J connectivity index is 2.05. The number of hydrogen-bond acceptors (Lipinski definition) is 5. The zero-order valence-electron chi connectivity index (χ0n) is 9.91. The standard InChI is InChI=1S/C12H8FNO4S2/c13-9-3-7(1-2-10(9)14(17)18)5-19-8-4-11(12(15)16)20-6-8/h1-4,6H,5H2,(H,15,16). The molecule has 2 rings (SSSR count). The van der Waals surface area contributed by atoms with Crippen molar-refractivity contribution in [2.75, 3.05) is 0 Å². The van der Waals surface area contributed by atoms with E-state index in [1.165, 1.54) is 17.8 Å². The minimum absolute atomic E-state index is 0.238. The number of nitrogens with zero attached hydrogens (tertiary/aromatic N) is 1. The monoisotopic (exact) mass is 313 g/mol. The molecule has 1 aromatic heterocycles. The molecule has 8 heteroatoms. The maximum atomic E-state index is 13.4. The quantitative estimate of drug-likeness (QED) is 0.516. The lowest BCUT2D eigenvalue weighted by Gasteiger charge is -2.00. The summed E-state index contributed by atoms with van der Waals surface area (Å²) in [5.74, 6) is -1.45. The first-order valence-corrected chi connectivity index (χ1v) is 7.21. The summed E-state index contributed by atoms with van der Waals surface area (Å²) in [7, 11) is 0. The van der Waals surface area contributed by atoms with E-state index < -0.39 is 22.4 Å². The third-order valence-electron chi connectivity index (χ3n) is 2.40. The minimum Gasteiger partial charge on any atom is -0.477 e. The van der Waals surface area contributed by atoms with Crippen molar-refractivity contribution in [3.05, 3.63) is 56.0 Å². The summed E-state index contributed by atoms with van der Waals surface area (Å²) in [6.07, 6.45) is 0. The molecule has 5 nitrogen and oxygen atoms in total. The van der Waals surface area contributed by atoms with Crippen LogP contribution in [0.1, 0.15) is 15.2 Å². The van der Waals surface area contributed by atoms with Crippen molar-refractivity contribution < 1.29 is 19.2 Å². The topological polar surface area (TPSA) is 80.4 Å². The maximum absolute atomic E-state index is 13.4. The summed E-state index contributed by atoms with van der Waals surface area (Å²) in [5.41, 5.74) is 0.0450. The second kappa shape index (κ2) is 6.02. The number of rotatable bonds is 5. The number of benzene rings is 1. The van der Waals surface area contributed by atoms with Gasteiger partial charge in [-0.3, -0.25) is 10.1 Å². The Morgan fingerprint density at radius 3 is 2.75 bits per heavy atom. The molecule has 0 unspecified atom stereocenters. The van der Waals surface area contributed by atoms with Crippen LogP contribution < -0.4 is 0 Å². The molecule has 1 aromatic carbocycles. The van der Waals surface area contributed by atoms with Crippen LogP contribution in [0.2, 0.25) is 0 Å². The fourth-order valence-electron chi connectivity index (χ4n) is 1.46.